The van der Waals surface area contributed by atoms with Crippen molar-refractivity contribution < 1.29 is 4.39 Å². The van der Waals surface area contributed by atoms with Crippen LogP contribution in [0.25, 0.3) is 0 Å². The van der Waals surface area contributed by atoms with Crippen LogP contribution in [0.1, 0.15) is 76.8 Å². The summed E-state index contributed by atoms with van der Waals surface area (Å²) in [6.07, 6.45) is 10.1. The summed E-state index contributed by atoms with van der Waals surface area (Å²) < 4.78 is 13.3. The summed E-state index contributed by atoms with van der Waals surface area (Å²) in [7, 11) is 0. The molecule has 1 atom stereocenters. The monoisotopic (exact) mass is 279 g/mol. The van der Waals surface area contributed by atoms with Gasteiger partial charge in [-0.25, -0.2) is 4.39 Å². The van der Waals surface area contributed by atoms with Crippen molar-refractivity contribution in [2.75, 3.05) is 6.54 Å². The zero-order valence-electron chi connectivity index (χ0n) is 13.1. The molecule has 1 nitrogen and oxygen atoms in total. The van der Waals surface area contributed by atoms with Crippen LogP contribution in [0.4, 0.5) is 4.39 Å². The van der Waals surface area contributed by atoms with Gasteiger partial charge in [-0.3, -0.25) is 0 Å². The molecular weight excluding hydrogens is 249 g/mol. The van der Waals surface area contributed by atoms with Gasteiger partial charge >= 0.3 is 0 Å². The van der Waals surface area contributed by atoms with Crippen molar-refractivity contribution in [1.29, 1.82) is 0 Å². The van der Waals surface area contributed by atoms with Crippen molar-refractivity contribution >= 4 is 0 Å². The third-order valence-electron chi connectivity index (χ3n) is 3.74. The third-order valence-corrected chi connectivity index (χ3v) is 3.74. The molecule has 20 heavy (non-hydrogen) atoms. The summed E-state index contributed by atoms with van der Waals surface area (Å²) in [5, 5.41) is 3.55. The highest BCUT2D eigenvalue weighted by Gasteiger charge is 2.10. The van der Waals surface area contributed by atoms with Crippen LogP contribution in [-0.4, -0.2) is 6.54 Å². The lowest BCUT2D eigenvalue weighted by atomic mass is 9.99. The molecule has 0 spiro atoms. The van der Waals surface area contributed by atoms with Gasteiger partial charge in [0.25, 0.3) is 0 Å². The summed E-state index contributed by atoms with van der Waals surface area (Å²) in [4.78, 5) is 0. The zero-order valence-corrected chi connectivity index (χ0v) is 13.1. The molecule has 0 saturated heterocycles. The Labute approximate surface area is 124 Å². The number of nitrogens with one attached hydrogen (secondary N) is 1. The van der Waals surface area contributed by atoms with E-state index in [2.05, 4.69) is 19.2 Å². The van der Waals surface area contributed by atoms with Crippen LogP contribution in [0.15, 0.2) is 24.3 Å². The molecule has 0 aliphatic carbocycles. The smallest absolute Gasteiger partial charge is 0.123 e. The van der Waals surface area contributed by atoms with Gasteiger partial charge in [-0.2, -0.15) is 0 Å². The number of rotatable bonds is 11. The normalized spacial score (nSPS) is 12.6. The van der Waals surface area contributed by atoms with Crippen LogP contribution in [0.3, 0.4) is 0 Å². The average molecular weight is 279 g/mol. The molecule has 0 fully saturated rings. The standard InChI is InChI=1S/C18H30FN/c1-3-5-6-7-8-9-13-18(20-14-4-2)16-11-10-12-17(19)15-16/h10-12,15,18,20H,3-9,13-14H2,1-2H3. The summed E-state index contributed by atoms with van der Waals surface area (Å²) in [5.74, 6) is -0.131. The number of benzene rings is 1. The Balaban J connectivity index is 2.40. The predicted octanol–water partition coefficient (Wildman–Crippen LogP) is 5.62. The second-order valence-electron chi connectivity index (χ2n) is 5.62. The second kappa shape index (κ2) is 10.8. The fourth-order valence-electron chi connectivity index (χ4n) is 2.56. The highest BCUT2D eigenvalue weighted by Crippen LogP contribution is 2.21. The molecule has 0 heterocycles. The van der Waals surface area contributed by atoms with Crippen LogP contribution < -0.4 is 5.32 Å². The zero-order chi connectivity index (χ0) is 14.6. The Bertz CT molecular complexity index is 351. The second-order valence-corrected chi connectivity index (χ2v) is 5.62. The molecule has 1 aromatic carbocycles. The van der Waals surface area contributed by atoms with Gasteiger partial charge < -0.3 is 5.32 Å². The van der Waals surface area contributed by atoms with Gasteiger partial charge in [-0.05, 0) is 37.1 Å². The van der Waals surface area contributed by atoms with Gasteiger partial charge in [0.1, 0.15) is 5.82 Å². The van der Waals surface area contributed by atoms with E-state index in [0.29, 0.717) is 6.04 Å². The lowest BCUT2D eigenvalue weighted by Gasteiger charge is -2.19. The fraction of sp³-hybridized carbons (Fsp3) is 0.667. The predicted molar refractivity (Wildman–Crippen MR) is 85.4 cm³/mol. The topological polar surface area (TPSA) is 12.0 Å². The van der Waals surface area contributed by atoms with E-state index in [-0.39, 0.29) is 5.82 Å². The van der Waals surface area contributed by atoms with E-state index < -0.39 is 0 Å². The van der Waals surface area contributed by atoms with Gasteiger partial charge in [-0.1, -0.05) is 64.5 Å². The van der Waals surface area contributed by atoms with E-state index in [4.69, 9.17) is 0 Å². The van der Waals surface area contributed by atoms with E-state index in [1.54, 1.807) is 6.07 Å². The Kier molecular flexibility index (Phi) is 9.31. The maximum absolute atomic E-state index is 13.3. The van der Waals surface area contributed by atoms with Crippen molar-refractivity contribution in [1.82, 2.24) is 5.32 Å². The van der Waals surface area contributed by atoms with E-state index in [9.17, 15) is 4.39 Å². The van der Waals surface area contributed by atoms with Crippen LogP contribution in [-0.2, 0) is 0 Å². The number of halogens is 1. The van der Waals surface area contributed by atoms with Crippen LogP contribution in [0, 0.1) is 5.82 Å². The molecule has 0 amide bonds. The molecule has 0 radical (unpaired) electrons. The minimum atomic E-state index is -0.131. The van der Waals surface area contributed by atoms with E-state index in [0.717, 1.165) is 24.9 Å². The summed E-state index contributed by atoms with van der Waals surface area (Å²) >= 11 is 0. The number of hydrogen-bond acceptors (Lipinski definition) is 1. The molecular formula is C18H30FN. The van der Waals surface area contributed by atoms with Gasteiger partial charge in [0.15, 0.2) is 0 Å². The van der Waals surface area contributed by atoms with Crippen molar-refractivity contribution in [2.24, 2.45) is 0 Å². The van der Waals surface area contributed by atoms with Gasteiger partial charge in [0.05, 0.1) is 0 Å². The van der Waals surface area contributed by atoms with Crippen molar-refractivity contribution in [3.63, 3.8) is 0 Å². The van der Waals surface area contributed by atoms with Crippen LogP contribution >= 0.6 is 0 Å². The Morgan fingerprint density at radius 1 is 1.00 bits per heavy atom. The molecule has 114 valence electrons. The molecule has 1 aromatic rings. The maximum atomic E-state index is 13.3. The summed E-state index contributed by atoms with van der Waals surface area (Å²) in [6.45, 7) is 5.41. The first-order valence-corrected chi connectivity index (χ1v) is 8.26. The van der Waals surface area contributed by atoms with Crippen LogP contribution in [0.2, 0.25) is 0 Å². The lowest BCUT2D eigenvalue weighted by molar-refractivity contribution is 0.464. The van der Waals surface area contributed by atoms with Gasteiger partial charge in [0.2, 0.25) is 0 Å². The lowest BCUT2D eigenvalue weighted by Crippen LogP contribution is -2.22. The molecule has 0 aromatic heterocycles. The Hall–Kier alpha value is -0.890. The van der Waals surface area contributed by atoms with Crippen LogP contribution in [0.5, 0.6) is 0 Å². The number of unbranched alkanes of at least 4 members (excludes halogenated alkanes) is 5. The molecule has 0 aliphatic rings. The van der Waals surface area contributed by atoms with E-state index in [1.807, 2.05) is 12.1 Å². The Morgan fingerprint density at radius 3 is 2.45 bits per heavy atom. The first-order valence-electron chi connectivity index (χ1n) is 8.26. The molecule has 1 N–H and O–H groups in total. The average Bonchev–Trinajstić information content (AvgIpc) is 2.45. The van der Waals surface area contributed by atoms with E-state index in [1.165, 1.54) is 44.6 Å². The minimum Gasteiger partial charge on any atom is -0.310 e. The summed E-state index contributed by atoms with van der Waals surface area (Å²) in [6, 6.07) is 7.34. The van der Waals surface area contributed by atoms with Crippen molar-refractivity contribution in [2.45, 2.75) is 71.3 Å². The highest BCUT2D eigenvalue weighted by atomic mass is 19.1. The van der Waals surface area contributed by atoms with Gasteiger partial charge in [0, 0.05) is 6.04 Å². The quantitative estimate of drug-likeness (QED) is 0.519. The van der Waals surface area contributed by atoms with E-state index >= 15 is 0 Å². The number of hydrogen-bond donors (Lipinski definition) is 1. The molecule has 2 heteroatoms. The molecule has 1 rings (SSSR count). The summed E-state index contributed by atoms with van der Waals surface area (Å²) in [5.41, 5.74) is 1.09. The highest BCUT2D eigenvalue weighted by molar-refractivity contribution is 5.20. The third kappa shape index (κ3) is 7.04. The van der Waals surface area contributed by atoms with Gasteiger partial charge in [-0.15, -0.1) is 0 Å². The molecule has 0 aliphatic heterocycles. The first-order chi connectivity index (χ1) is 9.77. The van der Waals surface area contributed by atoms with Crippen molar-refractivity contribution in [3.05, 3.63) is 35.6 Å². The van der Waals surface area contributed by atoms with Crippen molar-refractivity contribution in [3.8, 4) is 0 Å². The minimum absolute atomic E-state index is 0.131. The maximum Gasteiger partial charge on any atom is 0.123 e. The Morgan fingerprint density at radius 2 is 1.75 bits per heavy atom. The molecule has 0 bridgehead atoms. The molecule has 1 unspecified atom stereocenters. The SMILES string of the molecule is CCCCCCCCC(NCCC)c1cccc(F)c1. The first kappa shape index (κ1) is 17.2. The fourth-order valence-corrected chi connectivity index (χ4v) is 2.56. The largest absolute Gasteiger partial charge is 0.310 e. The molecule has 0 saturated carbocycles.